The molecule has 6 heavy (non-hydrogen) atoms. The first-order valence-electron chi connectivity index (χ1n) is 1.37. The summed E-state index contributed by atoms with van der Waals surface area (Å²) in [5, 5.41) is 9.49. The molecule has 0 unspecified atom stereocenters. The molecule has 0 aromatic carbocycles. The van der Waals surface area contributed by atoms with Gasteiger partial charge in [-0.3, -0.25) is 0 Å². The lowest BCUT2D eigenvalue weighted by Crippen LogP contribution is -2.12. The number of halogens is 2. The molecular weight excluding hydrogens is 214 g/mol. The molecule has 0 heterocycles. The Balaban J connectivity index is 2.75. The van der Waals surface area contributed by atoms with Gasteiger partial charge in [0.15, 0.2) is 0 Å². The zero-order chi connectivity index (χ0) is 4.99. The van der Waals surface area contributed by atoms with Crippen molar-refractivity contribution >= 4 is 31.9 Å². The predicted octanol–water partition coefficient (Wildman–Crippen LogP) is 1.38. The lowest BCUT2D eigenvalue weighted by Gasteiger charge is -2.02. The molecule has 0 radical (unpaired) electrons. The van der Waals surface area contributed by atoms with Gasteiger partial charge in [0, 0.05) is 0 Å². The molecule has 0 amide bonds. The number of alkyl halides is 2. The third-order valence-corrected chi connectivity index (χ3v) is 1.43. The van der Waals surface area contributed by atoms with Crippen molar-refractivity contribution in [3.05, 3.63) is 0 Å². The van der Waals surface area contributed by atoms with Crippen LogP contribution in [0.4, 0.5) is 0 Å². The maximum Gasteiger partial charge on any atom is 0.0801 e. The average Bonchev–Trinajstić information content (AvgIpc) is 1.65. The van der Waals surface area contributed by atoms with Gasteiger partial charge in [0.1, 0.15) is 0 Å². The maximum atomic E-state index is 8.41. The van der Waals surface area contributed by atoms with Gasteiger partial charge < -0.3 is 5.21 Å². The van der Waals surface area contributed by atoms with Crippen molar-refractivity contribution in [2.24, 2.45) is 0 Å². The van der Waals surface area contributed by atoms with E-state index in [0.29, 0.717) is 10.9 Å². The molecule has 0 saturated carbocycles. The fourth-order valence-electron chi connectivity index (χ4n) is 0.0319. The zero-order valence-corrected chi connectivity index (χ0v) is 6.24. The molecule has 0 aliphatic rings. The van der Waals surface area contributed by atoms with Gasteiger partial charge in [-0.25, -0.2) is 0 Å². The van der Waals surface area contributed by atoms with Crippen molar-refractivity contribution in [3.8, 4) is 0 Å². The largest absolute Gasteiger partial charge is 0.312 e. The van der Waals surface area contributed by atoms with E-state index in [9.17, 15) is 0 Å². The Morgan fingerprint density at radius 1 is 1.33 bits per heavy atom. The third kappa shape index (κ3) is 3.08. The number of nitrogens with zero attached hydrogens (tertiary/aromatic N) is 1. The summed E-state index contributed by atoms with van der Waals surface area (Å²) in [4.78, 5) is 0. The van der Waals surface area contributed by atoms with Crippen molar-refractivity contribution in [1.29, 1.82) is 0 Å². The van der Waals surface area contributed by atoms with Crippen LogP contribution in [0.3, 0.4) is 0 Å². The van der Waals surface area contributed by atoms with Gasteiger partial charge in [0.2, 0.25) is 0 Å². The Morgan fingerprint density at radius 3 is 1.67 bits per heavy atom. The molecule has 2 nitrogen and oxygen atoms in total. The van der Waals surface area contributed by atoms with Crippen molar-refractivity contribution in [2.75, 3.05) is 10.9 Å². The van der Waals surface area contributed by atoms with E-state index in [1.165, 1.54) is 0 Å². The van der Waals surface area contributed by atoms with Crippen LogP contribution >= 0.6 is 31.9 Å². The van der Waals surface area contributed by atoms with E-state index in [2.05, 4.69) is 31.9 Å². The summed E-state index contributed by atoms with van der Waals surface area (Å²) < 4.78 is 0. The second kappa shape index (κ2) is 4.05. The Labute approximate surface area is 53.3 Å². The molecule has 0 fully saturated rings. The molecule has 1 N–H and O–H groups in total. The fraction of sp³-hybridized carbons (Fsp3) is 1.00. The summed E-state index contributed by atoms with van der Waals surface area (Å²) >= 11 is 6.04. The normalized spacial score (nSPS) is 10.0. The summed E-state index contributed by atoms with van der Waals surface area (Å²) in [6, 6.07) is 0. The molecule has 0 rings (SSSR count). The highest BCUT2D eigenvalue weighted by Gasteiger charge is 1.87. The van der Waals surface area contributed by atoms with Crippen LogP contribution in [0.2, 0.25) is 0 Å². The van der Waals surface area contributed by atoms with Crippen molar-refractivity contribution in [2.45, 2.75) is 0 Å². The van der Waals surface area contributed by atoms with Gasteiger partial charge in [0.25, 0.3) is 0 Å². The van der Waals surface area contributed by atoms with Crippen LogP contribution in [0.1, 0.15) is 0 Å². The van der Waals surface area contributed by atoms with Gasteiger partial charge in [-0.05, 0) is 0 Å². The van der Waals surface area contributed by atoms with Crippen molar-refractivity contribution < 1.29 is 5.21 Å². The van der Waals surface area contributed by atoms with Crippen LogP contribution < -0.4 is 0 Å². The second-order valence-electron chi connectivity index (χ2n) is 0.745. The number of rotatable bonds is 2. The standard InChI is InChI=1S/C2H5Br2NO/c3-1-5(6)2-4/h6H,1-2H2. The van der Waals surface area contributed by atoms with Gasteiger partial charge in [-0.2, -0.15) is 5.06 Å². The summed E-state index contributed by atoms with van der Waals surface area (Å²) in [6.07, 6.45) is 0. The van der Waals surface area contributed by atoms with E-state index in [0.717, 1.165) is 5.06 Å². The molecule has 0 aromatic rings. The molecule has 0 aromatic heterocycles. The van der Waals surface area contributed by atoms with E-state index >= 15 is 0 Å². The van der Waals surface area contributed by atoms with E-state index in [4.69, 9.17) is 5.21 Å². The smallest absolute Gasteiger partial charge is 0.0801 e. The molecule has 0 aliphatic heterocycles. The Kier molecular flexibility index (Phi) is 4.64. The molecular formula is C2H5Br2NO. The number of hydroxylamine groups is 2. The van der Waals surface area contributed by atoms with Crippen LogP contribution in [0, 0.1) is 0 Å². The van der Waals surface area contributed by atoms with Gasteiger partial charge in [-0.15, -0.1) is 0 Å². The van der Waals surface area contributed by atoms with Gasteiger partial charge >= 0.3 is 0 Å². The summed E-state index contributed by atoms with van der Waals surface area (Å²) in [6.45, 7) is 0. The van der Waals surface area contributed by atoms with Gasteiger partial charge in [0.05, 0.1) is 10.9 Å². The predicted molar refractivity (Wildman–Crippen MR) is 31.2 cm³/mol. The molecule has 0 atom stereocenters. The minimum atomic E-state index is 0.484. The summed E-state index contributed by atoms with van der Waals surface area (Å²) in [5.74, 6) is 0. The lowest BCUT2D eigenvalue weighted by molar-refractivity contribution is -0.0487. The molecule has 4 heteroatoms. The van der Waals surface area contributed by atoms with Crippen molar-refractivity contribution in [1.82, 2.24) is 5.06 Å². The second-order valence-corrected chi connectivity index (χ2v) is 1.75. The van der Waals surface area contributed by atoms with Crippen LogP contribution in [-0.2, 0) is 0 Å². The topological polar surface area (TPSA) is 23.5 Å². The van der Waals surface area contributed by atoms with E-state index < -0.39 is 0 Å². The Morgan fingerprint density at radius 2 is 1.67 bits per heavy atom. The Hall–Kier alpha value is 0.880. The zero-order valence-electron chi connectivity index (χ0n) is 3.06. The monoisotopic (exact) mass is 217 g/mol. The lowest BCUT2D eigenvalue weighted by atomic mass is 11.2. The first-order chi connectivity index (χ1) is 2.81. The summed E-state index contributed by atoms with van der Waals surface area (Å²) in [7, 11) is 0. The minimum Gasteiger partial charge on any atom is -0.312 e. The highest BCUT2D eigenvalue weighted by atomic mass is 79.9. The third-order valence-electron chi connectivity index (χ3n) is 0.276. The maximum absolute atomic E-state index is 8.41. The minimum absolute atomic E-state index is 0.484. The van der Waals surface area contributed by atoms with Crippen LogP contribution in [0.25, 0.3) is 0 Å². The average molecular weight is 219 g/mol. The Bertz CT molecular complexity index is 30.7. The first-order valence-corrected chi connectivity index (χ1v) is 3.61. The van der Waals surface area contributed by atoms with Crippen LogP contribution in [-0.4, -0.2) is 21.2 Å². The highest BCUT2D eigenvalue weighted by molar-refractivity contribution is 9.09. The number of hydrogen-bond acceptors (Lipinski definition) is 2. The molecule has 0 bridgehead atoms. The molecule has 38 valence electrons. The molecule has 0 aliphatic carbocycles. The van der Waals surface area contributed by atoms with E-state index in [1.54, 1.807) is 0 Å². The number of hydrogen-bond donors (Lipinski definition) is 1. The quantitative estimate of drug-likeness (QED) is 0.430. The molecule has 0 spiro atoms. The van der Waals surface area contributed by atoms with E-state index in [-0.39, 0.29) is 0 Å². The first kappa shape index (κ1) is 6.88. The highest BCUT2D eigenvalue weighted by Crippen LogP contribution is 1.90. The van der Waals surface area contributed by atoms with E-state index in [1.807, 2.05) is 0 Å². The SMILES string of the molecule is ON(CBr)CBr. The van der Waals surface area contributed by atoms with Crippen molar-refractivity contribution in [3.63, 3.8) is 0 Å². The van der Waals surface area contributed by atoms with Crippen LogP contribution in [0.15, 0.2) is 0 Å². The fourth-order valence-corrected chi connectivity index (χ4v) is 0.862. The van der Waals surface area contributed by atoms with Gasteiger partial charge in [-0.1, -0.05) is 31.9 Å². The summed E-state index contributed by atoms with van der Waals surface area (Å²) in [5.41, 5.74) is 0.969. The molecule has 0 saturated heterocycles. The van der Waals surface area contributed by atoms with Crippen LogP contribution in [0.5, 0.6) is 0 Å².